The second-order valence-corrected chi connectivity index (χ2v) is 8.69. The van der Waals surface area contributed by atoms with Crippen molar-refractivity contribution in [3.8, 4) is 0 Å². The number of nitro groups is 1. The molecule has 0 bridgehead atoms. The Morgan fingerprint density at radius 3 is 2.36 bits per heavy atom. The second kappa shape index (κ2) is 10.8. The molecule has 0 aliphatic rings. The van der Waals surface area contributed by atoms with Gasteiger partial charge in [0.2, 0.25) is 10.0 Å². The molecule has 3 N–H and O–H groups in total. The maximum absolute atomic E-state index is 13.0. The third-order valence-electron chi connectivity index (χ3n) is 4.56. The third kappa shape index (κ3) is 6.95. The van der Waals surface area contributed by atoms with Crippen LogP contribution in [0, 0.1) is 15.9 Å². The number of ether oxygens (including phenoxy) is 1. The van der Waals surface area contributed by atoms with Gasteiger partial charge in [0.1, 0.15) is 18.0 Å². The molecule has 2 aromatic rings. The molecule has 0 heterocycles. The van der Waals surface area contributed by atoms with E-state index < -0.39 is 61.9 Å². The molecule has 0 aliphatic carbocycles. The number of anilines is 1. The molecule has 0 saturated heterocycles. The Bertz CT molecular complexity index is 1140. The number of nitro benzene ring substituents is 1. The number of rotatable bonds is 10. The maximum Gasteiger partial charge on any atom is 0.321 e. The van der Waals surface area contributed by atoms with Crippen molar-refractivity contribution in [2.45, 2.75) is 30.9 Å². The highest BCUT2D eigenvalue weighted by Gasteiger charge is 2.24. The van der Waals surface area contributed by atoms with Crippen molar-refractivity contribution >= 4 is 33.3 Å². The average Bonchev–Trinajstić information content (AvgIpc) is 2.77. The lowest BCUT2D eigenvalue weighted by atomic mass is 10.1. The molecule has 178 valence electrons. The number of carbonyl (C=O) groups excluding carboxylic acids is 2. The lowest BCUT2D eigenvalue weighted by Crippen LogP contribution is -2.39. The number of halogens is 1. The Hall–Kier alpha value is -3.58. The minimum Gasteiger partial charge on any atom is -0.452 e. The highest BCUT2D eigenvalue weighted by Crippen LogP contribution is 2.27. The van der Waals surface area contributed by atoms with E-state index in [1.807, 2.05) is 4.72 Å². The van der Waals surface area contributed by atoms with Gasteiger partial charge in [0.05, 0.1) is 15.9 Å². The van der Waals surface area contributed by atoms with Gasteiger partial charge in [0.25, 0.3) is 11.6 Å². The number of esters is 1. The van der Waals surface area contributed by atoms with Gasteiger partial charge in [-0.25, -0.2) is 12.8 Å². The van der Waals surface area contributed by atoms with Crippen molar-refractivity contribution < 1.29 is 32.1 Å². The third-order valence-corrected chi connectivity index (χ3v) is 5.96. The number of carbonyl (C=O) groups is 2. The molecule has 0 spiro atoms. The molecule has 1 amide bonds. The van der Waals surface area contributed by atoms with E-state index in [-0.39, 0.29) is 5.69 Å². The number of amides is 1. The summed E-state index contributed by atoms with van der Waals surface area (Å²) in [6.45, 7) is 2.17. The number of nitrogens with zero attached hydrogens (tertiary/aromatic N) is 1. The molecule has 0 fully saturated rings. The normalized spacial score (nSPS) is 13.0. The molecular weight excluding hydrogens is 459 g/mol. The van der Waals surface area contributed by atoms with E-state index in [4.69, 9.17) is 4.74 Å². The summed E-state index contributed by atoms with van der Waals surface area (Å²) < 4.78 is 44.7. The minimum atomic E-state index is -4.27. The van der Waals surface area contributed by atoms with Crippen molar-refractivity contribution in [2.75, 3.05) is 18.9 Å². The van der Waals surface area contributed by atoms with Crippen LogP contribution < -0.4 is 15.4 Å². The van der Waals surface area contributed by atoms with Gasteiger partial charge in [-0.15, -0.1) is 0 Å². The zero-order chi connectivity index (χ0) is 24.8. The number of sulfonamides is 1. The topological polar surface area (TPSA) is 157 Å². The summed E-state index contributed by atoms with van der Waals surface area (Å²) in [5, 5.41) is 16.3. The van der Waals surface area contributed by atoms with Crippen LogP contribution >= 0.6 is 0 Å². The van der Waals surface area contributed by atoms with Crippen molar-refractivity contribution in [1.29, 1.82) is 0 Å². The van der Waals surface area contributed by atoms with Crippen LogP contribution in [-0.4, -0.2) is 44.9 Å². The van der Waals surface area contributed by atoms with E-state index in [0.29, 0.717) is 5.56 Å². The largest absolute Gasteiger partial charge is 0.452 e. The van der Waals surface area contributed by atoms with Crippen LogP contribution in [-0.2, 0) is 24.3 Å². The number of nitrogens with one attached hydrogen (secondary N) is 3. The summed E-state index contributed by atoms with van der Waals surface area (Å²) in [4.78, 5) is 34.2. The molecule has 0 aliphatic heterocycles. The summed E-state index contributed by atoms with van der Waals surface area (Å²) in [6, 6.07) is 8.21. The molecule has 33 heavy (non-hydrogen) atoms. The fraction of sp³-hybridized carbons (Fsp3) is 0.300. The fourth-order valence-electron chi connectivity index (χ4n) is 2.74. The summed E-state index contributed by atoms with van der Waals surface area (Å²) in [5.41, 5.74) is 0.297. The van der Waals surface area contributed by atoms with Crippen LogP contribution in [0.4, 0.5) is 15.8 Å². The molecule has 0 saturated carbocycles. The van der Waals surface area contributed by atoms with E-state index in [1.165, 1.54) is 44.3 Å². The zero-order valence-electron chi connectivity index (χ0n) is 18.0. The van der Waals surface area contributed by atoms with Crippen molar-refractivity contribution in [3.05, 3.63) is 64.0 Å². The van der Waals surface area contributed by atoms with Crippen LogP contribution in [0.25, 0.3) is 0 Å². The smallest absolute Gasteiger partial charge is 0.321 e. The van der Waals surface area contributed by atoms with Crippen molar-refractivity contribution in [3.63, 3.8) is 0 Å². The number of hydrogen-bond donors (Lipinski definition) is 3. The van der Waals surface area contributed by atoms with Gasteiger partial charge in [-0.05, 0) is 43.7 Å². The molecule has 11 nitrogen and oxygen atoms in total. The molecule has 2 rings (SSSR count). The first-order chi connectivity index (χ1) is 15.4. The monoisotopic (exact) mass is 482 g/mol. The van der Waals surface area contributed by atoms with Crippen molar-refractivity contribution in [1.82, 2.24) is 10.0 Å². The average molecular weight is 482 g/mol. The highest BCUT2D eigenvalue weighted by atomic mass is 32.2. The molecule has 2 atom stereocenters. The summed E-state index contributed by atoms with van der Waals surface area (Å²) in [5.74, 6) is -2.09. The molecular formula is C20H23FN4O7S. The van der Waals surface area contributed by atoms with Crippen molar-refractivity contribution in [2.24, 2.45) is 0 Å². The highest BCUT2D eigenvalue weighted by molar-refractivity contribution is 7.89. The van der Waals surface area contributed by atoms with Crippen LogP contribution in [0.15, 0.2) is 47.4 Å². The lowest BCUT2D eigenvalue weighted by molar-refractivity contribution is -0.384. The van der Waals surface area contributed by atoms with Crippen LogP contribution in [0.2, 0.25) is 0 Å². The van der Waals surface area contributed by atoms with Gasteiger partial charge in [-0.1, -0.05) is 12.1 Å². The Morgan fingerprint density at radius 1 is 1.15 bits per heavy atom. The standard InChI is InChI=1S/C20H23FN4O7S/c1-12(14-4-6-15(21)7-5-14)24-20(27)13(2)32-19(26)11-23-33(30,31)16-8-9-17(22-3)18(10-16)25(28)29/h4-10,12-13,22-23H,11H2,1-3H3,(H,24,27). The molecule has 0 aromatic heterocycles. The Balaban J connectivity index is 1.94. The fourth-order valence-corrected chi connectivity index (χ4v) is 3.72. The lowest BCUT2D eigenvalue weighted by Gasteiger charge is -2.18. The first kappa shape index (κ1) is 25.7. The molecule has 2 aromatic carbocycles. The maximum atomic E-state index is 13.0. The van der Waals surface area contributed by atoms with Gasteiger partial charge in [-0.3, -0.25) is 19.7 Å². The van der Waals surface area contributed by atoms with E-state index in [2.05, 4.69) is 10.6 Å². The number of hydrogen-bond acceptors (Lipinski definition) is 8. The first-order valence-electron chi connectivity index (χ1n) is 9.65. The molecule has 0 radical (unpaired) electrons. The molecule has 2 unspecified atom stereocenters. The van der Waals surface area contributed by atoms with Gasteiger partial charge < -0.3 is 15.4 Å². The second-order valence-electron chi connectivity index (χ2n) is 6.92. The van der Waals surface area contributed by atoms with Crippen LogP contribution in [0.1, 0.15) is 25.5 Å². The Morgan fingerprint density at radius 2 is 1.79 bits per heavy atom. The first-order valence-corrected chi connectivity index (χ1v) is 11.1. The van der Waals surface area contributed by atoms with Crippen LogP contribution in [0.3, 0.4) is 0 Å². The Labute approximate surface area is 189 Å². The van der Waals surface area contributed by atoms with Crippen LogP contribution in [0.5, 0.6) is 0 Å². The van der Waals surface area contributed by atoms with E-state index >= 15 is 0 Å². The summed E-state index contributed by atoms with van der Waals surface area (Å²) >= 11 is 0. The molecule has 13 heteroatoms. The predicted molar refractivity (Wildman–Crippen MR) is 116 cm³/mol. The Kier molecular flexibility index (Phi) is 8.43. The van der Waals surface area contributed by atoms with Gasteiger partial charge >= 0.3 is 5.97 Å². The quantitative estimate of drug-likeness (QED) is 0.263. The van der Waals surface area contributed by atoms with Gasteiger partial charge in [0, 0.05) is 13.1 Å². The van der Waals surface area contributed by atoms with E-state index in [1.54, 1.807) is 6.92 Å². The summed E-state index contributed by atoms with van der Waals surface area (Å²) in [7, 11) is -2.82. The SMILES string of the molecule is CNc1ccc(S(=O)(=O)NCC(=O)OC(C)C(=O)NC(C)c2ccc(F)cc2)cc1[N+](=O)[O-]. The summed E-state index contributed by atoms with van der Waals surface area (Å²) in [6.07, 6.45) is -1.24. The number of benzene rings is 2. The zero-order valence-corrected chi connectivity index (χ0v) is 18.8. The minimum absolute atomic E-state index is 0.119. The van der Waals surface area contributed by atoms with Gasteiger partial charge in [0.15, 0.2) is 6.10 Å². The van der Waals surface area contributed by atoms with E-state index in [0.717, 1.165) is 12.1 Å². The predicted octanol–water partition coefficient (Wildman–Crippen LogP) is 1.86. The van der Waals surface area contributed by atoms with E-state index in [9.17, 15) is 32.5 Å². The van der Waals surface area contributed by atoms with Gasteiger partial charge in [-0.2, -0.15) is 4.72 Å².